The van der Waals surface area contributed by atoms with Gasteiger partial charge in [0.05, 0.1) is 11.5 Å². The SMILES string of the molecule is CC(C)(C)CC(=O)NCCC(=O)NCCS(=O)(=O)CCCCC(=O)O. The molecule has 0 saturated carbocycles. The fourth-order valence-electron chi connectivity index (χ4n) is 1.99. The Balaban J connectivity index is 3.84. The summed E-state index contributed by atoms with van der Waals surface area (Å²) in [4.78, 5) is 33.5. The van der Waals surface area contributed by atoms with Gasteiger partial charge in [-0.3, -0.25) is 14.4 Å². The third kappa shape index (κ3) is 15.6. The molecule has 0 bridgehead atoms. The second-order valence-corrected chi connectivity index (χ2v) is 9.49. The molecular weight excluding hydrogens is 348 g/mol. The molecule has 0 atom stereocenters. The van der Waals surface area contributed by atoms with E-state index in [1.54, 1.807) is 0 Å². The third-order valence-electron chi connectivity index (χ3n) is 3.20. The van der Waals surface area contributed by atoms with Gasteiger partial charge in [0.2, 0.25) is 11.8 Å². The normalized spacial score (nSPS) is 11.8. The van der Waals surface area contributed by atoms with Crippen molar-refractivity contribution >= 4 is 27.6 Å². The number of carboxylic acid groups (broad SMARTS) is 1. The lowest BCUT2D eigenvalue weighted by molar-refractivity contribution is -0.137. The predicted octanol–water partition coefficient (Wildman–Crippen LogP) is 0.715. The van der Waals surface area contributed by atoms with Crippen LogP contribution in [0.15, 0.2) is 0 Å². The van der Waals surface area contributed by atoms with Gasteiger partial charge in [-0.15, -0.1) is 0 Å². The van der Waals surface area contributed by atoms with Crippen molar-refractivity contribution in [2.45, 2.75) is 52.9 Å². The van der Waals surface area contributed by atoms with E-state index in [0.29, 0.717) is 19.3 Å². The number of carbonyl (C=O) groups is 3. The first-order chi connectivity index (χ1) is 11.4. The van der Waals surface area contributed by atoms with Gasteiger partial charge in [-0.1, -0.05) is 20.8 Å². The number of hydrogen-bond acceptors (Lipinski definition) is 5. The Bertz CT molecular complexity index is 551. The number of carboxylic acids is 1. The van der Waals surface area contributed by atoms with Crippen LogP contribution < -0.4 is 10.6 Å². The molecule has 8 nitrogen and oxygen atoms in total. The Morgan fingerprint density at radius 2 is 1.48 bits per heavy atom. The highest BCUT2D eigenvalue weighted by Crippen LogP contribution is 2.17. The van der Waals surface area contributed by atoms with Crippen LogP contribution in [0.2, 0.25) is 0 Å². The number of rotatable bonds is 12. The number of unbranched alkanes of at least 4 members (excludes halogenated alkanes) is 1. The molecule has 0 aromatic carbocycles. The Morgan fingerprint density at radius 1 is 0.880 bits per heavy atom. The first kappa shape index (κ1) is 23.4. The molecule has 0 unspecified atom stereocenters. The summed E-state index contributed by atoms with van der Waals surface area (Å²) in [6.07, 6.45) is 1.02. The Morgan fingerprint density at radius 3 is 2.04 bits per heavy atom. The highest BCUT2D eigenvalue weighted by atomic mass is 32.2. The summed E-state index contributed by atoms with van der Waals surface area (Å²) in [5, 5.41) is 13.6. The van der Waals surface area contributed by atoms with Crippen LogP contribution in [0, 0.1) is 5.41 Å². The summed E-state index contributed by atoms with van der Waals surface area (Å²) in [7, 11) is -3.31. The molecule has 0 fully saturated rings. The molecule has 25 heavy (non-hydrogen) atoms. The number of sulfone groups is 1. The molecule has 0 rings (SSSR count). The Labute approximate surface area is 149 Å². The third-order valence-corrected chi connectivity index (χ3v) is 4.93. The van der Waals surface area contributed by atoms with Crippen LogP contribution in [-0.4, -0.2) is 55.9 Å². The lowest BCUT2D eigenvalue weighted by atomic mass is 9.92. The second-order valence-electron chi connectivity index (χ2n) is 7.19. The van der Waals surface area contributed by atoms with Gasteiger partial charge in [-0.25, -0.2) is 8.42 Å². The van der Waals surface area contributed by atoms with Crippen molar-refractivity contribution in [1.82, 2.24) is 10.6 Å². The molecule has 0 aromatic heterocycles. The van der Waals surface area contributed by atoms with E-state index in [2.05, 4.69) is 10.6 Å². The van der Waals surface area contributed by atoms with Crippen LogP contribution >= 0.6 is 0 Å². The molecule has 146 valence electrons. The van der Waals surface area contributed by atoms with Crippen molar-refractivity contribution < 1.29 is 27.9 Å². The second kappa shape index (κ2) is 11.1. The molecule has 2 amide bonds. The van der Waals surface area contributed by atoms with Gasteiger partial charge in [-0.2, -0.15) is 0 Å². The maximum atomic E-state index is 11.7. The molecule has 0 radical (unpaired) electrons. The smallest absolute Gasteiger partial charge is 0.303 e. The van der Waals surface area contributed by atoms with Gasteiger partial charge < -0.3 is 15.7 Å². The zero-order chi connectivity index (χ0) is 19.5. The molecule has 0 aliphatic carbocycles. The van der Waals surface area contributed by atoms with Crippen molar-refractivity contribution in [2.24, 2.45) is 5.41 Å². The minimum atomic E-state index is -3.31. The number of amides is 2. The van der Waals surface area contributed by atoms with Crippen LogP contribution in [0.4, 0.5) is 0 Å². The van der Waals surface area contributed by atoms with Crippen LogP contribution in [-0.2, 0) is 24.2 Å². The average Bonchev–Trinajstić information content (AvgIpc) is 2.41. The fraction of sp³-hybridized carbons (Fsp3) is 0.812. The van der Waals surface area contributed by atoms with Gasteiger partial charge in [0.1, 0.15) is 0 Å². The van der Waals surface area contributed by atoms with Gasteiger partial charge in [0.25, 0.3) is 0 Å². The van der Waals surface area contributed by atoms with E-state index in [1.807, 2.05) is 20.8 Å². The van der Waals surface area contributed by atoms with Crippen molar-refractivity contribution in [3.8, 4) is 0 Å². The standard InChI is InChI=1S/C16H30N2O6S/c1-16(2,3)12-14(20)17-8-7-13(19)18-9-11-25(23,24)10-5-4-6-15(21)22/h4-12H2,1-3H3,(H,17,20)(H,18,19)(H,21,22). The van der Waals surface area contributed by atoms with Gasteiger partial charge >= 0.3 is 5.97 Å². The maximum Gasteiger partial charge on any atom is 0.303 e. The van der Waals surface area contributed by atoms with Gasteiger partial charge in [0.15, 0.2) is 9.84 Å². The quantitative estimate of drug-likeness (QED) is 0.429. The van der Waals surface area contributed by atoms with Crippen molar-refractivity contribution in [2.75, 3.05) is 24.6 Å². The number of aliphatic carboxylic acids is 1. The molecule has 0 saturated heterocycles. The monoisotopic (exact) mass is 378 g/mol. The zero-order valence-corrected chi connectivity index (χ0v) is 16.1. The maximum absolute atomic E-state index is 11.7. The molecule has 9 heteroatoms. The Kier molecular flexibility index (Phi) is 10.3. The molecule has 0 aromatic rings. The van der Waals surface area contributed by atoms with Crippen LogP contribution in [0.5, 0.6) is 0 Å². The molecular formula is C16H30N2O6S. The van der Waals surface area contributed by atoms with Crippen LogP contribution in [0.25, 0.3) is 0 Å². The van der Waals surface area contributed by atoms with E-state index < -0.39 is 15.8 Å². The van der Waals surface area contributed by atoms with Crippen molar-refractivity contribution in [1.29, 1.82) is 0 Å². The molecule has 0 aliphatic rings. The minimum absolute atomic E-state index is 0.00996. The van der Waals surface area contributed by atoms with Gasteiger partial charge in [0, 0.05) is 32.4 Å². The minimum Gasteiger partial charge on any atom is -0.481 e. The lowest BCUT2D eigenvalue weighted by Gasteiger charge is -2.17. The van der Waals surface area contributed by atoms with E-state index >= 15 is 0 Å². The van der Waals surface area contributed by atoms with Crippen molar-refractivity contribution in [3.63, 3.8) is 0 Å². The topological polar surface area (TPSA) is 130 Å². The first-order valence-corrected chi connectivity index (χ1v) is 10.2. The van der Waals surface area contributed by atoms with Crippen LogP contribution in [0.3, 0.4) is 0 Å². The van der Waals surface area contributed by atoms with E-state index in [1.165, 1.54) is 0 Å². The highest BCUT2D eigenvalue weighted by Gasteiger charge is 2.16. The summed E-state index contributed by atoms with van der Waals surface area (Å²) < 4.78 is 23.5. The average molecular weight is 378 g/mol. The zero-order valence-electron chi connectivity index (χ0n) is 15.3. The molecule has 0 spiro atoms. The highest BCUT2D eigenvalue weighted by molar-refractivity contribution is 7.91. The van der Waals surface area contributed by atoms with Gasteiger partial charge in [-0.05, 0) is 18.3 Å². The van der Waals surface area contributed by atoms with Crippen LogP contribution in [0.1, 0.15) is 52.9 Å². The number of nitrogens with one attached hydrogen (secondary N) is 2. The molecule has 0 heterocycles. The van der Waals surface area contributed by atoms with E-state index in [0.717, 1.165) is 0 Å². The fourth-order valence-corrected chi connectivity index (χ4v) is 3.26. The summed E-state index contributed by atoms with van der Waals surface area (Å²) in [6.45, 7) is 6.06. The summed E-state index contributed by atoms with van der Waals surface area (Å²) in [6, 6.07) is 0. The Hall–Kier alpha value is -1.64. The summed E-state index contributed by atoms with van der Waals surface area (Å²) in [5.74, 6) is -1.65. The van der Waals surface area contributed by atoms with E-state index in [-0.39, 0.29) is 54.7 Å². The predicted molar refractivity (Wildman–Crippen MR) is 94.8 cm³/mol. The first-order valence-electron chi connectivity index (χ1n) is 8.37. The summed E-state index contributed by atoms with van der Waals surface area (Å²) in [5.41, 5.74) is -0.120. The van der Waals surface area contributed by atoms with Crippen molar-refractivity contribution in [3.05, 3.63) is 0 Å². The van der Waals surface area contributed by atoms with E-state index in [9.17, 15) is 22.8 Å². The molecule has 0 aliphatic heterocycles. The van der Waals surface area contributed by atoms with E-state index in [4.69, 9.17) is 5.11 Å². The number of carbonyl (C=O) groups excluding carboxylic acids is 2. The largest absolute Gasteiger partial charge is 0.481 e. The summed E-state index contributed by atoms with van der Waals surface area (Å²) >= 11 is 0. The molecule has 3 N–H and O–H groups in total. The number of hydrogen-bond donors (Lipinski definition) is 3. The lowest BCUT2D eigenvalue weighted by Crippen LogP contribution is -2.34.